The second-order valence-corrected chi connectivity index (χ2v) is 6.02. The van der Waals surface area contributed by atoms with Gasteiger partial charge in [-0.2, -0.15) is 0 Å². The zero-order valence-electron chi connectivity index (χ0n) is 10.9. The number of hydrogen-bond acceptors (Lipinski definition) is 5. The van der Waals surface area contributed by atoms with Crippen LogP contribution in [0.4, 0.5) is 11.4 Å². The van der Waals surface area contributed by atoms with Crippen LogP contribution in [0.25, 0.3) is 0 Å². The van der Waals surface area contributed by atoms with Gasteiger partial charge in [-0.15, -0.1) is 0 Å². The zero-order chi connectivity index (χ0) is 14.6. The molecule has 1 amide bonds. The topological polar surface area (TPSA) is 119 Å². The molecule has 7 nitrogen and oxygen atoms in total. The fourth-order valence-electron chi connectivity index (χ4n) is 1.51. The van der Waals surface area contributed by atoms with Crippen molar-refractivity contribution in [1.29, 1.82) is 0 Å². The molecule has 0 heterocycles. The highest BCUT2D eigenvalue weighted by Crippen LogP contribution is 2.22. The number of nitrogens with one attached hydrogen (secondary N) is 1. The first-order valence-corrected chi connectivity index (χ1v) is 7.28. The highest BCUT2D eigenvalue weighted by atomic mass is 32.2. The number of amides is 1. The molecule has 1 rings (SSSR count). The summed E-state index contributed by atoms with van der Waals surface area (Å²) in [6.45, 7) is -0.0347. The van der Waals surface area contributed by atoms with E-state index in [1.165, 1.54) is 0 Å². The zero-order valence-corrected chi connectivity index (χ0v) is 11.7. The number of nitrogen functional groups attached to an aromatic ring is 1. The molecule has 106 valence electrons. The fraction of sp³-hybridized carbons (Fsp3) is 0.364. The number of carbonyl (C=O) groups excluding carboxylic acids is 1. The summed E-state index contributed by atoms with van der Waals surface area (Å²) in [5.41, 5.74) is 7.48. The van der Waals surface area contributed by atoms with E-state index in [1.54, 1.807) is 18.2 Å². The number of benzene rings is 1. The third-order valence-electron chi connectivity index (χ3n) is 2.44. The second kappa shape index (κ2) is 5.89. The molecule has 0 saturated heterocycles. The molecule has 0 aromatic heterocycles. The molecule has 0 spiro atoms. The molecule has 8 heteroatoms. The normalized spacial score (nSPS) is 11.1. The van der Waals surface area contributed by atoms with Crippen LogP contribution in [0.5, 0.6) is 0 Å². The van der Waals surface area contributed by atoms with Crippen molar-refractivity contribution in [3.63, 3.8) is 0 Å². The van der Waals surface area contributed by atoms with Gasteiger partial charge >= 0.3 is 0 Å². The van der Waals surface area contributed by atoms with Crippen molar-refractivity contribution in [3.05, 3.63) is 23.8 Å². The van der Waals surface area contributed by atoms with Crippen LogP contribution in [0, 0.1) is 0 Å². The minimum absolute atomic E-state index is 0.0347. The highest BCUT2D eigenvalue weighted by molar-refractivity contribution is 7.89. The summed E-state index contributed by atoms with van der Waals surface area (Å²) in [5.74, 6) is -0.690. The molecule has 19 heavy (non-hydrogen) atoms. The summed E-state index contributed by atoms with van der Waals surface area (Å²) >= 11 is 0. The first-order chi connectivity index (χ1) is 8.70. The van der Waals surface area contributed by atoms with E-state index in [4.69, 9.17) is 10.9 Å². The number of sulfonamides is 1. The summed E-state index contributed by atoms with van der Waals surface area (Å²) < 4.78 is 21.4. The van der Waals surface area contributed by atoms with E-state index >= 15 is 0 Å². The van der Waals surface area contributed by atoms with Crippen molar-refractivity contribution >= 4 is 27.3 Å². The minimum atomic E-state index is -3.57. The lowest BCUT2D eigenvalue weighted by Gasteiger charge is -2.15. The molecular weight excluding hydrogens is 268 g/mol. The van der Waals surface area contributed by atoms with Gasteiger partial charge in [-0.3, -0.25) is 4.79 Å². The van der Waals surface area contributed by atoms with Gasteiger partial charge in [0.05, 0.1) is 17.1 Å². The monoisotopic (exact) mass is 286 g/mol. The predicted molar refractivity (Wildman–Crippen MR) is 75.5 cm³/mol. The Morgan fingerprint density at radius 1 is 1.37 bits per heavy atom. The molecule has 0 bridgehead atoms. The van der Waals surface area contributed by atoms with Gasteiger partial charge in [0.15, 0.2) is 0 Å². The van der Waals surface area contributed by atoms with E-state index in [1.807, 2.05) is 19.0 Å². The standard InChI is InChI=1S/C11H18N4O3S/c1-15(2)10-4-3-8(7-9(10)12)11(16)14-5-6-19(13,17)18/h3-4,7H,5-6,12H2,1-2H3,(H,14,16)(H2,13,17,18). The third-order valence-corrected chi connectivity index (χ3v) is 3.22. The lowest BCUT2D eigenvalue weighted by Crippen LogP contribution is -2.31. The van der Waals surface area contributed by atoms with Crippen molar-refractivity contribution in [2.24, 2.45) is 5.14 Å². The van der Waals surface area contributed by atoms with Gasteiger partial charge in [-0.1, -0.05) is 0 Å². The maximum Gasteiger partial charge on any atom is 0.251 e. The maximum absolute atomic E-state index is 11.7. The van der Waals surface area contributed by atoms with Crippen LogP contribution < -0.4 is 21.1 Å². The van der Waals surface area contributed by atoms with Crippen molar-refractivity contribution < 1.29 is 13.2 Å². The van der Waals surface area contributed by atoms with Gasteiger partial charge in [0.2, 0.25) is 10.0 Å². The molecule has 0 fully saturated rings. The van der Waals surface area contributed by atoms with E-state index in [-0.39, 0.29) is 18.2 Å². The lowest BCUT2D eigenvalue weighted by molar-refractivity contribution is 0.0956. The van der Waals surface area contributed by atoms with E-state index in [9.17, 15) is 13.2 Å². The fourth-order valence-corrected chi connectivity index (χ4v) is 1.90. The predicted octanol–water partition coefficient (Wildman–Crippen LogP) is -0.647. The number of primary sulfonamides is 1. The number of nitrogens with zero attached hydrogens (tertiary/aromatic N) is 1. The summed E-state index contributed by atoms with van der Waals surface area (Å²) in [7, 11) is 0.115. The van der Waals surface area contributed by atoms with E-state index in [0.717, 1.165) is 5.69 Å². The summed E-state index contributed by atoms with van der Waals surface area (Å²) in [6.07, 6.45) is 0. The van der Waals surface area contributed by atoms with Crippen molar-refractivity contribution in [2.45, 2.75) is 0 Å². The van der Waals surface area contributed by atoms with Crippen molar-refractivity contribution in [3.8, 4) is 0 Å². The molecule has 1 aromatic rings. The number of hydrogen-bond donors (Lipinski definition) is 3. The Kier molecular flexibility index (Phi) is 4.73. The van der Waals surface area contributed by atoms with E-state index in [0.29, 0.717) is 11.3 Å². The van der Waals surface area contributed by atoms with Gasteiger partial charge in [0.1, 0.15) is 0 Å². The van der Waals surface area contributed by atoms with Crippen LogP contribution in [0.15, 0.2) is 18.2 Å². The second-order valence-electron chi connectivity index (χ2n) is 4.29. The third kappa shape index (κ3) is 4.76. The number of rotatable bonds is 5. The van der Waals surface area contributed by atoms with Crippen LogP contribution in [-0.4, -0.2) is 40.7 Å². The molecule has 1 aromatic carbocycles. The van der Waals surface area contributed by atoms with Gasteiger partial charge < -0.3 is 16.0 Å². The Bertz CT molecular complexity index is 569. The molecule has 0 atom stereocenters. The maximum atomic E-state index is 11.7. The summed E-state index contributed by atoms with van der Waals surface area (Å²) in [6, 6.07) is 4.89. The first-order valence-electron chi connectivity index (χ1n) is 5.56. The number of anilines is 2. The molecule has 5 N–H and O–H groups in total. The first kappa shape index (κ1) is 15.3. The Morgan fingerprint density at radius 2 is 2.00 bits per heavy atom. The van der Waals surface area contributed by atoms with E-state index < -0.39 is 10.0 Å². The summed E-state index contributed by atoms with van der Waals surface area (Å²) in [4.78, 5) is 13.6. The molecule has 0 aliphatic rings. The SMILES string of the molecule is CN(C)c1ccc(C(=O)NCCS(N)(=O)=O)cc1N. The van der Waals surface area contributed by atoms with Crippen LogP contribution >= 0.6 is 0 Å². The van der Waals surface area contributed by atoms with Crippen molar-refractivity contribution in [1.82, 2.24) is 5.32 Å². The van der Waals surface area contributed by atoms with Gasteiger partial charge in [-0.25, -0.2) is 13.6 Å². The van der Waals surface area contributed by atoms with Crippen LogP contribution in [0.2, 0.25) is 0 Å². The Hall–Kier alpha value is -1.80. The lowest BCUT2D eigenvalue weighted by atomic mass is 10.1. The molecule has 0 saturated carbocycles. The Labute approximate surface area is 112 Å². The van der Waals surface area contributed by atoms with Gasteiger partial charge in [0, 0.05) is 26.2 Å². The van der Waals surface area contributed by atoms with Crippen LogP contribution in [0.1, 0.15) is 10.4 Å². The Balaban J connectivity index is 2.71. The average Bonchev–Trinajstić information content (AvgIpc) is 2.26. The van der Waals surface area contributed by atoms with Gasteiger partial charge in [-0.05, 0) is 18.2 Å². The number of carbonyl (C=O) groups is 1. The van der Waals surface area contributed by atoms with Crippen LogP contribution in [-0.2, 0) is 10.0 Å². The molecule has 0 aliphatic heterocycles. The quantitative estimate of drug-likeness (QED) is 0.622. The molecule has 0 aliphatic carbocycles. The van der Waals surface area contributed by atoms with Crippen molar-refractivity contribution in [2.75, 3.05) is 37.0 Å². The molecule has 0 unspecified atom stereocenters. The Morgan fingerprint density at radius 3 is 2.47 bits per heavy atom. The van der Waals surface area contributed by atoms with Crippen LogP contribution in [0.3, 0.4) is 0 Å². The highest BCUT2D eigenvalue weighted by Gasteiger charge is 2.10. The van der Waals surface area contributed by atoms with Gasteiger partial charge in [0.25, 0.3) is 5.91 Å². The molecule has 0 radical (unpaired) electrons. The average molecular weight is 286 g/mol. The number of nitrogens with two attached hydrogens (primary N) is 2. The summed E-state index contributed by atoms with van der Waals surface area (Å²) in [5, 5.41) is 7.30. The minimum Gasteiger partial charge on any atom is -0.397 e. The smallest absolute Gasteiger partial charge is 0.251 e. The largest absolute Gasteiger partial charge is 0.397 e. The van der Waals surface area contributed by atoms with E-state index in [2.05, 4.69) is 5.32 Å². The molecular formula is C11H18N4O3S.